The molecule has 2 aromatic heterocycles. The van der Waals surface area contributed by atoms with Gasteiger partial charge >= 0.3 is 6.61 Å². The normalized spacial score (nSPS) is 14.6. The monoisotopic (exact) mass is 490 g/mol. The van der Waals surface area contributed by atoms with Crippen molar-refractivity contribution in [3.05, 3.63) is 36.3 Å². The Balaban J connectivity index is 1.69. The van der Waals surface area contributed by atoms with E-state index in [1.807, 2.05) is 0 Å². The molecule has 2 heterocycles. The highest BCUT2D eigenvalue weighted by atomic mass is 19.3. The van der Waals surface area contributed by atoms with Crippen LogP contribution in [0.3, 0.4) is 0 Å². The summed E-state index contributed by atoms with van der Waals surface area (Å²) < 4.78 is 54.6. The number of carbonyl (C=O) groups is 2. The van der Waals surface area contributed by atoms with Crippen molar-refractivity contribution >= 4 is 29.0 Å². The van der Waals surface area contributed by atoms with Crippen molar-refractivity contribution in [2.45, 2.75) is 26.0 Å². The third-order valence-corrected chi connectivity index (χ3v) is 4.94. The molecule has 1 aliphatic carbocycles. The number of alkyl halides is 2. The van der Waals surface area contributed by atoms with Gasteiger partial charge in [-0.2, -0.15) is 13.9 Å². The molecule has 1 aromatic carbocycles. The van der Waals surface area contributed by atoms with E-state index in [0.29, 0.717) is 18.7 Å². The summed E-state index contributed by atoms with van der Waals surface area (Å²) in [6.45, 7) is -5.30. The molecule has 0 saturated heterocycles. The lowest BCUT2D eigenvalue weighted by atomic mass is 10.1. The first-order chi connectivity index (χ1) is 18.0. The van der Waals surface area contributed by atoms with Crippen molar-refractivity contribution in [1.29, 1.82) is 0 Å². The number of ether oxygens (including phenoxy) is 1. The number of amides is 2. The van der Waals surface area contributed by atoms with Crippen molar-refractivity contribution in [2.24, 2.45) is 11.7 Å². The summed E-state index contributed by atoms with van der Waals surface area (Å²) in [6, 6.07) is 5.40. The second-order valence-corrected chi connectivity index (χ2v) is 7.54. The van der Waals surface area contributed by atoms with E-state index in [-0.39, 0.29) is 40.6 Å². The standard InChI is InChI=1S/C21H23F2N9O3/c1-25-20(34)17-14(9-16(29-30-17)28-19(33)11-2-3-11)27-13-5-4-12(8-15(13)35-21(22)23)18-26-10-32(31-18)7-6-24/h4-5,8-11,21H,2-3,6-7,24H2,1H3,(H,25,34)(H2,27,28,29,33)/i1D3. The Hall–Kier alpha value is -4.20. The smallest absolute Gasteiger partial charge is 0.387 e. The number of anilines is 3. The Kier molecular flexibility index (Phi) is 5.99. The van der Waals surface area contributed by atoms with E-state index in [1.165, 1.54) is 35.3 Å². The molecule has 184 valence electrons. The zero-order valence-electron chi connectivity index (χ0n) is 21.2. The molecule has 5 N–H and O–H groups in total. The van der Waals surface area contributed by atoms with Gasteiger partial charge in [-0.3, -0.25) is 14.3 Å². The Morgan fingerprint density at radius 3 is 2.83 bits per heavy atom. The zero-order valence-corrected chi connectivity index (χ0v) is 18.2. The van der Waals surface area contributed by atoms with E-state index in [0.717, 1.165) is 12.8 Å². The molecule has 12 nitrogen and oxygen atoms in total. The lowest BCUT2D eigenvalue weighted by Crippen LogP contribution is -2.22. The first-order valence-corrected chi connectivity index (χ1v) is 10.5. The number of rotatable bonds is 10. The maximum absolute atomic E-state index is 13.3. The van der Waals surface area contributed by atoms with Crippen molar-refractivity contribution in [3.8, 4) is 17.1 Å². The number of carbonyl (C=O) groups excluding carboxylic acids is 2. The van der Waals surface area contributed by atoms with E-state index >= 15 is 0 Å². The molecule has 14 heteroatoms. The fraction of sp³-hybridized carbons (Fsp3) is 0.333. The first-order valence-electron chi connectivity index (χ1n) is 12.0. The summed E-state index contributed by atoms with van der Waals surface area (Å²) in [6.07, 6.45) is 2.89. The van der Waals surface area contributed by atoms with Gasteiger partial charge in [0.25, 0.3) is 5.91 Å². The number of hydrogen-bond donors (Lipinski definition) is 4. The number of aromatic nitrogens is 5. The second kappa shape index (κ2) is 10.4. The summed E-state index contributed by atoms with van der Waals surface area (Å²) in [5.41, 5.74) is 5.26. The maximum atomic E-state index is 13.3. The van der Waals surface area contributed by atoms with Crippen molar-refractivity contribution < 1.29 is 27.2 Å². The number of nitrogens with one attached hydrogen (secondary N) is 3. The molecule has 4 rings (SSSR count). The number of nitrogens with zero attached hydrogens (tertiary/aromatic N) is 5. The largest absolute Gasteiger partial charge is 0.433 e. The van der Waals surface area contributed by atoms with E-state index < -0.39 is 25.2 Å². The van der Waals surface area contributed by atoms with Gasteiger partial charge in [-0.15, -0.1) is 10.2 Å². The quantitative estimate of drug-likeness (QED) is 0.332. The maximum Gasteiger partial charge on any atom is 0.387 e. The molecule has 0 radical (unpaired) electrons. The van der Waals surface area contributed by atoms with Gasteiger partial charge in [-0.25, -0.2) is 4.98 Å². The van der Waals surface area contributed by atoms with Crippen LogP contribution < -0.4 is 26.4 Å². The minimum absolute atomic E-state index is 0.0224. The summed E-state index contributed by atoms with van der Waals surface area (Å²) >= 11 is 0. The second-order valence-electron chi connectivity index (χ2n) is 7.54. The van der Waals surface area contributed by atoms with Crippen LogP contribution in [-0.4, -0.2) is 56.9 Å². The minimum atomic E-state index is -3.20. The molecule has 0 spiro atoms. The van der Waals surface area contributed by atoms with Crippen molar-refractivity contribution in [1.82, 2.24) is 30.3 Å². The van der Waals surface area contributed by atoms with E-state index in [9.17, 15) is 18.4 Å². The highest BCUT2D eigenvalue weighted by Gasteiger charge is 2.30. The highest BCUT2D eigenvalue weighted by molar-refractivity contribution is 5.99. The fourth-order valence-electron chi connectivity index (χ4n) is 3.12. The molecular weight excluding hydrogens is 464 g/mol. The predicted octanol–water partition coefficient (Wildman–Crippen LogP) is 1.75. The first kappa shape index (κ1) is 20.2. The van der Waals surface area contributed by atoms with Gasteiger partial charge in [0.15, 0.2) is 17.3 Å². The average molecular weight is 490 g/mol. The van der Waals surface area contributed by atoms with Crippen LogP contribution in [-0.2, 0) is 11.3 Å². The van der Waals surface area contributed by atoms with Crippen LogP contribution in [0.4, 0.5) is 26.0 Å². The molecule has 1 aliphatic rings. The average Bonchev–Trinajstić information content (AvgIpc) is 3.58. The third-order valence-electron chi connectivity index (χ3n) is 4.94. The van der Waals surface area contributed by atoms with Gasteiger partial charge in [-0.1, -0.05) is 0 Å². The van der Waals surface area contributed by atoms with Crippen LogP contribution in [0.15, 0.2) is 30.6 Å². The van der Waals surface area contributed by atoms with Gasteiger partial charge in [-0.05, 0) is 31.0 Å². The van der Waals surface area contributed by atoms with Crippen LogP contribution in [0.25, 0.3) is 11.4 Å². The van der Waals surface area contributed by atoms with E-state index in [1.54, 1.807) is 5.32 Å². The minimum Gasteiger partial charge on any atom is -0.433 e. The summed E-state index contributed by atoms with van der Waals surface area (Å²) in [7, 11) is 0. The lowest BCUT2D eigenvalue weighted by molar-refractivity contribution is -0.117. The topological polar surface area (TPSA) is 162 Å². The zero-order chi connectivity index (χ0) is 27.4. The van der Waals surface area contributed by atoms with Gasteiger partial charge in [0.2, 0.25) is 5.91 Å². The number of nitrogens with two attached hydrogens (primary N) is 1. The van der Waals surface area contributed by atoms with Gasteiger partial charge in [0.05, 0.1) is 17.9 Å². The number of halogens is 2. The van der Waals surface area contributed by atoms with Crippen LogP contribution in [0, 0.1) is 5.92 Å². The highest BCUT2D eigenvalue weighted by Crippen LogP contribution is 2.34. The third kappa shape index (κ3) is 5.84. The van der Waals surface area contributed by atoms with Crippen LogP contribution in [0.1, 0.15) is 27.4 Å². The van der Waals surface area contributed by atoms with Gasteiger partial charge in [0, 0.05) is 35.2 Å². The molecular formula is C21H23F2N9O3. The van der Waals surface area contributed by atoms with Gasteiger partial charge in [0.1, 0.15) is 12.1 Å². The molecule has 3 aromatic rings. The Morgan fingerprint density at radius 1 is 1.29 bits per heavy atom. The molecule has 2 amide bonds. The SMILES string of the molecule is [2H]C([2H])([2H])NC(=O)c1nnc(NC(=O)C2CC2)cc1Nc1ccc(-c2ncn(CCN)n2)cc1OC(F)F. The van der Waals surface area contributed by atoms with E-state index in [2.05, 4.69) is 35.7 Å². The fourth-order valence-corrected chi connectivity index (χ4v) is 3.12. The number of benzene rings is 1. The Morgan fingerprint density at radius 2 is 2.11 bits per heavy atom. The summed E-state index contributed by atoms with van der Waals surface area (Å²) in [4.78, 5) is 28.9. The van der Waals surface area contributed by atoms with Crippen molar-refractivity contribution in [3.63, 3.8) is 0 Å². The Bertz CT molecular complexity index is 1330. The van der Waals surface area contributed by atoms with E-state index in [4.69, 9.17) is 9.85 Å². The summed E-state index contributed by atoms with van der Waals surface area (Å²) in [5, 5.41) is 18.9. The molecule has 1 fully saturated rings. The molecule has 35 heavy (non-hydrogen) atoms. The molecule has 0 atom stereocenters. The van der Waals surface area contributed by atoms with Crippen molar-refractivity contribution in [2.75, 3.05) is 24.2 Å². The lowest BCUT2D eigenvalue weighted by Gasteiger charge is -2.16. The molecule has 0 bridgehead atoms. The van der Waals surface area contributed by atoms with Crippen LogP contribution >= 0.6 is 0 Å². The van der Waals surface area contributed by atoms with Crippen LogP contribution in [0.5, 0.6) is 5.75 Å². The number of hydrogen-bond acceptors (Lipinski definition) is 9. The summed E-state index contributed by atoms with van der Waals surface area (Å²) in [5.74, 6) is -1.68. The Labute approximate surface area is 202 Å². The van der Waals surface area contributed by atoms with Gasteiger partial charge < -0.3 is 26.4 Å². The predicted molar refractivity (Wildman–Crippen MR) is 121 cm³/mol. The van der Waals surface area contributed by atoms with Crippen LogP contribution in [0.2, 0.25) is 0 Å². The molecule has 0 aliphatic heterocycles. The molecule has 1 saturated carbocycles. The molecule has 0 unspecified atom stereocenters.